The molecule has 3 rings (SSSR count). The first kappa shape index (κ1) is 15.0. The first-order valence-electron chi connectivity index (χ1n) is 7.49. The molecule has 1 aromatic rings. The standard InChI is InChI=1S/C15H21FO5/c1-3-4-5-11-12(13-15(21-11)20-9(2)19-13)18-8-10-6-7-17-14(10)16/h6-7,9,11-13,15H,3-5,8H2,1-2H3/t9?,11-,12+,13-,15+/m1/s1. The van der Waals surface area contributed by atoms with Crippen LogP contribution in [0.1, 0.15) is 38.7 Å². The highest BCUT2D eigenvalue weighted by atomic mass is 19.1. The molecule has 2 fully saturated rings. The Kier molecular flexibility index (Phi) is 4.59. The van der Waals surface area contributed by atoms with Crippen molar-refractivity contribution in [3.05, 3.63) is 23.9 Å². The fourth-order valence-corrected chi connectivity index (χ4v) is 2.83. The molecule has 0 spiro atoms. The lowest BCUT2D eigenvalue weighted by Gasteiger charge is -2.22. The van der Waals surface area contributed by atoms with Crippen molar-refractivity contribution >= 4 is 0 Å². The minimum atomic E-state index is -0.604. The molecule has 2 saturated heterocycles. The summed E-state index contributed by atoms with van der Waals surface area (Å²) in [4.78, 5) is 0. The van der Waals surface area contributed by atoms with Crippen LogP contribution in [0, 0.1) is 6.01 Å². The Bertz CT molecular complexity index is 463. The molecule has 2 aliphatic heterocycles. The van der Waals surface area contributed by atoms with E-state index in [4.69, 9.17) is 18.9 Å². The Labute approximate surface area is 123 Å². The van der Waals surface area contributed by atoms with Crippen LogP contribution in [0.2, 0.25) is 0 Å². The Morgan fingerprint density at radius 3 is 2.86 bits per heavy atom. The van der Waals surface area contributed by atoms with E-state index in [0.29, 0.717) is 5.56 Å². The van der Waals surface area contributed by atoms with Gasteiger partial charge in [-0.05, 0) is 19.4 Å². The summed E-state index contributed by atoms with van der Waals surface area (Å²) in [5, 5.41) is 0. The zero-order chi connectivity index (χ0) is 14.8. The van der Waals surface area contributed by atoms with Crippen molar-refractivity contribution in [1.82, 2.24) is 0 Å². The molecule has 5 nitrogen and oxygen atoms in total. The van der Waals surface area contributed by atoms with Gasteiger partial charge < -0.3 is 23.4 Å². The molecule has 6 heteroatoms. The van der Waals surface area contributed by atoms with E-state index in [1.165, 1.54) is 6.26 Å². The lowest BCUT2D eigenvalue weighted by atomic mass is 10.1. The summed E-state index contributed by atoms with van der Waals surface area (Å²) in [6.45, 7) is 4.09. The zero-order valence-electron chi connectivity index (χ0n) is 12.3. The molecule has 118 valence electrons. The zero-order valence-corrected chi connectivity index (χ0v) is 12.3. The maximum atomic E-state index is 13.3. The van der Waals surface area contributed by atoms with E-state index in [1.807, 2.05) is 6.92 Å². The number of furan rings is 1. The van der Waals surface area contributed by atoms with Crippen molar-refractivity contribution in [2.75, 3.05) is 0 Å². The third-order valence-corrected chi connectivity index (χ3v) is 3.91. The maximum Gasteiger partial charge on any atom is 0.283 e. The largest absolute Gasteiger partial charge is 0.439 e. The van der Waals surface area contributed by atoms with E-state index in [0.717, 1.165) is 19.3 Å². The number of hydrogen-bond donors (Lipinski definition) is 0. The topological polar surface area (TPSA) is 50.1 Å². The van der Waals surface area contributed by atoms with Gasteiger partial charge in [-0.2, -0.15) is 4.39 Å². The monoisotopic (exact) mass is 300 g/mol. The second-order valence-corrected chi connectivity index (χ2v) is 5.48. The molecule has 5 atom stereocenters. The van der Waals surface area contributed by atoms with Crippen molar-refractivity contribution < 1.29 is 27.8 Å². The van der Waals surface area contributed by atoms with Gasteiger partial charge in [-0.1, -0.05) is 19.8 Å². The van der Waals surface area contributed by atoms with Crippen LogP contribution in [0.3, 0.4) is 0 Å². The summed E-state index contributed by atoms with van der Waals surface area (Å²) in [7, 11) is 0. The highest BCUT2D eigenvalue weighted by Crippen LogP contribution is 2.36. The van der Waals surface area contributed by atoms with Crippen molar-refractivity contribution in [3.63, 3.8) is 0 Å². The molecule has 21 heavy (non-hydrogen) atoms. The molecular formula is C15H21FO5. The van der Waals surface area contributed by atoms with E-state index >= 15 is 0 Å². The Balaban J connectivity index is 1.64. The maximum absolute atomic E-state index is 13.3. The Morgan fingerprint density at radius 2 is 2.14 bits per heavy atom. The predicted molar refractivity (Wildman–Crippen MR) is 70.8 cm³/mol. The third kappa shape index (κ3) is 3.13. The van der Waals surface area contributed by atoms with Crippen LogP contribution in [0.15, 0.2) is 16.7 Å². The molecule has 1 unspecified atom stereocenters. The van der Waals surface area contributed by atoms with E-state index in [-0.39, 0.29) is 37.5 Å². The van der Waals surface area contributed by atoms with Gasteiger partial charge in [0.15, 0.2) is 12.6 Å². The van der Waals surface area contributed by atoms with Crippen LogP contribution in [0.25, 0.3) is 0 Å². The van der Waals surface area contributed by atoms with Crippen molar-refractivity contribution in [3.8, 4) is 0 Å². The smallest absolute Gasteiger partial charge is 0.283 e. The Morgan fingerprint density at radius 1 is 1.29 bits per heavy atom. The van der Waals surface area contributed by atoms with Gasteiger partial charge in [0.25, 0.3) is 6.01 Å². The van der Waals surface area contributed by atoms with Crippen LogP contribution < -0.4 is 0 Å². The molecule has 0 aromatic carbocycles. The van der Waals surface area contributed by atoms with Crippen LogP contribution in [0.4, 0.5) is 4.39 Å². The summed E-state index contributed by atoms with van der Waals surface area (Å²) in [5.74, 6) is 0. The number of ether oxygens (including phenoxy) is 4. The first-order valence-corrected chi connectivity index (χ1v) is 7.49. The van der Waals surface area contributed by atoms with E-state index in [9.17, 15) is 4.39 Å². The molecule has 2 aliphatic rings. The lowest BCUT2D eigenvalue weighted by Crippen LogP contribution is -2.35. The third-order valence-electron chi connectivity index (χ3n) is 3.91. The fraction of sp³-hybridized carbons (Fsp3) is 0.733. The molecule has 0 radical (unpaired) electrons. The van der Waals surface area contributed by atoms with Crippen LogP contribution in [0.5, 0.6) is 0 Å². The molecule has 3 heterocycles. The van der Waals surface area contributed by atoms with Gasteiger partial charge in [0, 0.05) is 0 Å². The number of hydrogen-bond acceptors (Lipinski definition) is 5. The summed E-state index contributed by atoms with van der Waals surface area (Å²) in [6.07, 6.45) is 3.04. The minimum Gasteiger partial charge on any atom is -0.439 e. The van der Waals surface area contributed by atoms with Gasteiger partial charge in [-0.3, -0.25) is 0 Å². The second-order valence-electron chi connectivity index (χ2n) is 5.48. The molecule has 1 aromatic heterocycles. The van der Waals surface area contributed by atoms with Gasteiger partial charge in [-0.25, -0.2) is 0 Å². The van der Waals surface area contributed by atoms with E-state index in [1.54, 1.807) is 6.07 Å². The number of rotatable bonds is 6. The highest BCUT2D eigenvalue weighted by molar-refractivity contribution is 5.06. The molecule has 0 aliphatic carbocycles. The molecular weight excluding hydrogens is 279 g/mol. The Hall–Kier alpha value is -0.950. The summed E-state index contributed by atoms with van der Waals surface area (Å²) < 4.78 is 41.0. The average molecular weight is 300 g/mol. The van der Waals surface area contributed by atoms with Crippen LogP contribution in [-0.2, 0) is 25.6 Å². The normalized spacial score (nSPS) is 35.3. The number of halogens is 1. The first-order chi connectivity index (χ1) is 10.2. The lowest BCUT2D eigenvalue weighted by molar-refractivity contribution is -0.169. The molecule has 0 bridgehead atoms. The minimum absolute atomic E-state index is 0.0811. The summed E-state index contributed by atoms with van der Waals surface area (Å²) in [6, 6.07) is 0.964. The van der Waals surface area contributed by atoms with Crippen molar-refractivity contribution in [1.29, 1.82) is 0 Å². The highest BCUT2D eigenvalue weighted by Gasteiger charge is 2.51. The molecule has 0 amide bonds. The van der Waals surface area contributed by atoms with E-state index in [2.05, 4.69) is 11.3 Å². The van der Waals surface area contributed by atoms with Crippen LogP contribution >= 0.6 is 0 Å². The van der Waals surface area contributed by atoms with Gasteiger partial charge >= 0.3 is 0 Å². The summed E-state index contributed by atoms with van der Waals surface area (Å²) >= 11 is 0. The second kappa shape index (κ2) is 6.44. The predicted octanol–water partition coefficient (Wildman–Crippen LogP) is 2.98. The quantitative estimate of drug-likeness (QED) is 0.808. The fourth-order valence-electron chi connectivity index (χ4n) is 2.83. The van der Waals surface area contributed by atoms with E-state index < -0.39 is 6.01 Å². The molecule has 0 N–H and O–H groups in total. The number of fused-ring (bicyclic) bond motifs is 1. The van der Waals surface area contributed by atoms with Gasteiger partial charge in [0.2, 0.25) is 0 Å². The van der Waals surface area contributed by atoms with Gasteiger partial charge in [-0.15, -0.1) is 0 Å². The van der Waals surface area contributed by atoms with Crippen molar-refractivity contribution in [2.45, 2.75) is 70.6 Å². The molecule has 0 saturated carbocycles. The number of unbranched alkanes of at least 4 members (excludes halogenated alkanes) is 1. The SMILES string of the molecule is CCCC[C@H]1O[C@@H]2OC(C)O[C@@H]2[C@H]1OCc1ccoc1F. The van der Waals surface area contributed by atoms with Gasteiger partial charge in [0.05, 0.1) is 24.5 Å². The average Bonchev–Trinajstić information content (AvgIpc) is 3.09. The summed E-state index contributed by atoms with van der Waals surface area (Å²) in [5.41, 5.74) is 0.402. The van der Waals surface area contributed by atoms with Gasteiger partial charge in [0.1, 0.15) is 12.2 Å². The van der Waals surface area contributed by atoms with Crippen LogP contribution in [-0.4, -0.2) is 30.9 Å². The van der Waals surface area contributed by atoms with Crippen molar-refractivity contribution in [2.24, 2.45) is 0 Å².